The van der Waals surface area contributed by atoms with Crippen LogP contribution in [0.1, 0.15) is 13.8 Å². The number of hydrogen-bond acceptors (Lipinski definition) is 6. The summed E-state index contributed by atoms with van der Waals surface area (Å²) in [5.74, 6) is -1.48. The average molecular weight is 250 g/mol. The molecule has 0 aromatic rings. The number of hydrogen-bond donors (Lipinski definition) is 0. The second-order valence-corrected chi connectivity index (χ2v) is 12.6. The predicted octanol–water partition coefficient (Wildman–Crippen LogP) is -0.899. The molecule has 0 amide bonds. The van der Waals surface area contributed by atoms with Crippen LogP contribution in [-0.4, -0.2) is 36.8 Å². The van der Waals surface area contributed by atoms with Crippen LogP contribution in [0.5, 0.6) is 0 Å². The second-order valence-electron chi connectivity index (χ2n) is 2.10. The predicted molar refractivity (Wildman–Crippen MR) is 47.8 cm³/mol. The molecule has 0 fully saturated rings. The van der Waals surface area contributed by atoms with Crippen LogP contribution >= 0.6 is 0 Å². The van der Waals surface area contributed by atoms with Gasteiger partial charge in [-0.25, -0.2) is 16.8 Å². The van der Waals surface area contributed by atoms with Gasteiger partial charge in [-0.05, 0) is 0 Å². The maximum absolute atomic E-state index is 11.0. The van der Waals surface area contributed by atoms with Gasteiger partial charge in [0.05, 0.1) is 11.5 Å². The fourth-order valence-electron chi connectivity index (χ4n) is 0.447. The molecule has 0 aromatic carbocycles. The summed E-state index contributed by atoms with van der Waals surface area (Å²) in [5, 5.41) is 0. The lowest BCUT2D eigenvalue weighted by atomic mass is 11.0. The van der Waals surface area contributed by atoms with Crippen molar-refractivity contribution < 1.29 is 25.3 Å². The first-order valence-electron chi connectivity index (χ1n) is 3.32. The highest BCUT2D eigenvalue weighted by Gasteiger charge is 2.39. The zero-order chi connectivity index (χ0) is 10.9. The molecule has 0 spiro atoms. The van der Waals surface area contributed by atoms with Crippen LogP contribution in [0.15, 0.2) is 0 Å². The molecular weight excluding hydrogens is 240 g/mol. The molecular formula is C4H10O6S3. The van der Waals surface area contributed by atoms with Crippen molar-refractivity contribution in [2.75, 3.05) is 11.5 Å². The summed E-state index contributed by atoms with van der Waals surface area (Å²) in [6.07, 6.45) is 0. The van der Waals surface area contributed by atoms with E-state index in [9.17, 15) is 25.3 Å². The summed E-state index contributed by atoms with van der Waals surface area (Å²) >= 11 is 0. The van der Waals surface area contributed by atoms with E-state index in [1.165, 1.54) is 0 Å². The highest BCUT2D eigenvalue weighted by atomic mass is 33.6. The van der Waals surface area contributed by atoms with Gasteiger partial charge in [0.1, 0.15) is 0 Å². The highest BCUT2D eigenvalue weighted by molar-refractivity contribution is 8.99. The lowest BCUT2D eigenvalue weighted by Crippen LogP contribution is -2.27. The van der Waals surface area contributed by atoms with Crippen LogP contribution in [0.25, 0.3) is 0 Å². The molecule has 0 saturated heterocycles. The van der Waals surface area contributed by atoms with Crippen LogP contribution in [0.3, 0.4) is 0 Å². The molecule has 9 heteroatoms. The molecule has 0 unspecified atom stereocenters. The standard InChI is InChI=1S/C4H10O6S3/c1-3-11(5,6)13(9,10)12(7,8)4-2/h3-4H2,1-2H3. The summed E-state index contributed by atoms with van der Waals surface area (Å²) in [6.45, 7) is 2.14. The first-order chi connectivity index (χ1) is 5.62. The van der Waals surface area contributed by atoms with Gasteiger partial charge in [0.2, 0.25) is 0 Å². The third kappa shape index (κ3) is 2.02. The first kappa shape index (κ1) is 12.8. The van der Waals surface area contributed by atoms with Crippen LogP contribution in [0, 0.1) is 0 Å². The fraction of sp³-hybridized carbons (Fsp3) is 1.00. The second kappa shape index (κ2) is 3.54. The Morgan fingerprint density at radius 2 is 0.923 bits per heavy atom. The van der Waals surface area contributed by atoms with Crippen molar-refractivity contribution in [1.29, 1.82) is 0 Å². The van der Waals surface area contributed by atoms with Crippen molar-refractivity contribution in [3.05, 3.63) is 0 Å². The van der Waals surface area contributed by atoms with Gasteiger partial charge in [0.15, 0.2) is 0 Å². The molecule has 0 aliphatic heterocycles. The molecule has 0 aliphatic carbocycles. The van der Waals surface area contributed by atoms with Crippen molar-refractivity contribution in [2.24, 2.45) is 0 Å². The van der Waals surface area contributed by atoms with Crippen molar-refractivity contribution in [1.82, 2.24) is 0 Å². The SMILES string of the molecule is CCS(=O)(=O)S(=O)(=O)S(=O)(=O)CC. The van der Waals surface area contributed by atoms with Crippen LogP contribution in [0.4, 0.5) is 0 Å². The van der Waals surface area contributed by atoms with E-state index < -0.39 is 37.1 Å². The molecule has 0 aliphatic rings. The number of rotatable bonds is 4. The van der Waals surface area contributed by atoms with Gasteiger partial charge in [-0.2, -0.15) is 8.42 Å². The molecule has 0 atom stereocenters. The quantitative estimate of drug-likeness (QED) is 0.599. The Morgan fingerprint density at radius 1 is 0.692 bits per heavy atom. The van der Waals surface area contributed by atoms with E-state index in [1.807, 2.05) is 0 Å². The molecule has 0 heterocycles. The summed E-state index contributed by atoms with van der Waals surface area (Å²) < 4.78 is 65.4. The van der Waals surface area contributed by atoms with Crippen LogP contribution in [-0.2, 0) is 25.6 Å². The van der Waals surface area contributed by atoms with Crippen molar-refractivity contribution in [2.45, 2.75) is 13.8 Å². The normalized spacial score (nSPS) is 14.3. The molecule has 0 rings (SSSR count). The minimum atomic E-state index is -5.09. The Morgan fingerprint density at radius 3 is 1.08 bits per heavy atom. The maximum atomic E-state index is 11.0. The zero-order valence-corrected chi connectivity index (χ0v) is 9.54. The van der Waals surface area contributed by atoms with Crippen molar-refractivity contribution >= 4 is 25.6 Å². The minimum absolute atomic E-state index is 0.742. The van der Waals surface area contributed by atoms with Gasteiger partial charge in [0.25, 0.3) is 17.7 Å². The Hall–Kier alpha value is -0.150. The molecule has 6 nitrogen and oxygen atoms in total. The van der Waals surface area contributed by atoms with Gasteiger partial charge in [-0.15, -0.1) is 0 Å². The van der Waals surface area contributed by atoms with Gasteiger partial charge < -0.3 is 0 Å². The van der Waals surface area contributed by atoms with E-state index in [1.54, 1.807) is 0 Å². The molecule has 0 radical (unpaired) electrons. The average Bonchev–Trinajstić information content (AvgIpc) is 2.03. The Bertz CT molecular complexity index is 424. The van der Waals surface area contributed by atoms with E-state index in [0.717, 1.165) is 13.8 Å². The minimum Gasteiger partial charge on any atom is -0.212 e. The monoisotopic (exact) mass is 250 g/mol. The third-order valence-electron chi connectivity index (χ3n) is 1.33. The van der Waals surface area contributed by atoms with Crippen LogP contribution < -0.4 is 0 Å². The Balaban J connectivity index is 5.82. The summed E-state index contributed by atoms with van der Waals surface area (Å²) in [6, 6.07) is 0. The van der Waals surface area contributed by atoms with E-state index in [0.29, 0.717) is 0 Å². The Kier molecular flexibility index (Phi) is 3.50. The summed E-state index contributed by atoms with van der Waals surface area (Å²) in [4.78, 5) is 0. The fourth-order valence-corrected chi connectivity index (χ4v) is 8.59. The van der Waals surface area contributed by atoms with Crippen LogP contribution in [0.2, 0.25) is 0 Å². The van der Waals surface area contributed by atoms with Crippen molar-refractivity contribution in [3.63, 3.8) is 0 Å². The van der Waals surface area contributed by atoms with Gasteiger partial charge in [-0.1, -0.05) is 13.8 Å². The van der Waals surface area contributed by atoms with E-state index in [4.69, 9.17) is 0 Å². The molecule has 0 saturated carbocycles. The molecule has 0 bridgehead atoms. The van der Waals surface area contributed by atoms with E-state index >= 15 is 0 Å². The maximum Gasteiger partial charge on any atom is 0.357 e. The largest absolute Gasteiger partial charge is 0.357 e. The molecule has 0 aromatic heterocycles. The molecule has 0 N–H and O–H groups in total. The lowest BCUT2D eigenvalue weighted by molar-refractivity contribution is 0.579. The van der Waals surface area contributed by atoms with Gasteiger partial charge >= 0.3 is 7.90 Å². The Labute approximate surface area is 76.5 Å². The van der Waals surface area contributed by atoms with Crippen molar-refractivity contribution in [3.8, 4) is 0 Å². The lowest BCUT2D eigenvalue weighted by Gasteiger charge is -2.02. The van der Waals surface area contributed by atoms with Gasteiger partial charge in [0, 0.05) is 0 Å². The van der Waals surface area contributed by atoms with Gasteiger partial charge in [-0.3, -0.25) is 0 Å². The zero-order valence-electron chi connectivity index (χ0n) is 7.09. The van der Waals surface area contributed by atoms with E-state index in [-0.39, 0.29) is 0 Å². The highest BCUT2D eigenvalue weighted by Crippen LogP contribution is 2.13. The summed E-state index contributed by atoms with van der Waals surface area (Å²) in [5.41, 5.74) is 0. The first-order valence-corrected chi connectivity index (χ1v) is 9.15. The summed E-state index contributed by atoms with van der Waals surface area (Å²) in [7, 11) is -14.3. The topological polar surface area (TPSA) is 102 Å². The smallest absolute Gasteiger partial charge is 0.212 e. The van der Waals surface area contributed by atoms with E-state index in [2.05, 4.69) is 0 Å². The third-order valence-corrected chi connectivity index (χ3v) is 12.9. The molecule has 13 heavy (non-hydrogen) atoms. The molecule has 80 valence electrons.